The Hall–Kier alpha value is -1.07. The molecule has 1 N–H and O–H groups in total. The average molecular weight is 354 g/mol. The van der Waals surface area contributed by atoms with Gasteiger partial charge in [0.1, 0.15) is 0 Å². The highest BCUT2D eigenvalue weighted by atomic mass is 79.9. The summed E-state index contributed by atoms with van der Waals surface area (Å²) in [6, 6.07) is 7.66. The van der Waals surface area contributed by atoms with Gasteiger partial charge >= 0.3 is 6.03 Å². The number of hydrogen-bond donors (Lipinski definition) is 1. The topological polar surface area (TPSA) is 35.6 Å². The molecule has 1 aromatic carbocycles. The van der Waals surface area contributed by atoms with Crippen molar-refractivity contribution in [3.05, 3.63) is 28.7 Å². The normalized spacial score (nSPS) is 17.4. The zero-order valence-electron chi connectivity index (χ0n) is 13.0. The number of carbonyl (C=O) groups excluding carboxylic acids is 1. The number of urea groups is 1. The van der Waals surface area contributed by atoms with Gasteiger partial charge in [0.2, 0.25) is 0 Å². The fraction of sp³-hybridized carbons (Fsp3) is 0.562. The van der Waals surface area contributed by atoms with Crippen LogP contribution in [0.15, 0.2) is 28.7 Å². The highest BCUT2D eigenvalue weighted by molar-refractivity contribution is 9.10. The van der Waals surface area contributed by atoms with Crippen molar-refractivity contribution in [2.24, 2.45) is 0 Å². The maximum absolute atomic E-state index is 12.3. The van der Waals surface area contributed by atoms with E-state index in [1.54, 1.807) is 0 Å². The van der Waals surface area contributed by atoms with Crippen molar-refractivity contribution >= 4 is 27.6 Å². The lowest BCUT2D eigenvalue weighted by atomic mass is 10.1. The quantitative estimate of drug-likeness (QED) is 0.833. The van der Waals surface area contributed by atoms with Crippen molar-refractivity contribution in [2.75, 3.05) is 31.5 Å². The lowest BCUT2D eigenvalue weighted by Gasteiger charge is -2.34. The van der Waals surface area contributed by atoms with E-state index >= 15 is 0 Å². The van der Waals surface area contributed by atoms with Crippen molar-refractivity contribution in [3.8, 4) is 0 Å². The van der Waals surface area contributed by atoms with Crippen LogP contribution in [0.25, 0.3) is 0 Å². The fourth-order valence-corrected chi connectivity index (χ4v) is 2.79. The van der Waals surface area contributed by atoms with E-state index in [0.29, 0.717) is 0 Å². The Labute approximate surface area is 135 Å². The molecule has 0 unspecified atom stereocenters. The summed E-state index contributed by atoms with van der Waals surface area (Å²) in [6.07, 6.45) is 1.02. The van der Waals surface area contributed by atoms with Gasteiger partial charge in [-0.15, -0.1) is 0 Å². The Morgan fingerprint density at radius 1 is 1.10 bits per heavy atom. The zero-order valence-corrected chi connectivity index (χ0v) is 14.6. The molecule has 0 radical (unpaired) electrons. The van der Waals surface area contributed by atoms with Crippen molar-refractivity contribution in [1.29, 1.82) is 0 Å². The zero-order chi connectivity index (χ0) is 15.5. The molecule has 0 saturated carbocycles. The molecule has 21 heavy (non-hydrogen) atoms. The number of hydrogen-bond acceptors (Lipinski definition) is 2. The van der Waals surface area contributed by atoms with E-state index in [4.69, 9.17) is 0 Å². The van der Waals surface area contributed by atoms with E-state index < -0.39 is 0 Å². The standard InChI is InChI=1S/C16H24BrN3O/c1-16(2,3)20-10-4-9-19(11-12-20)15(21)18-14-7-5-13(17)6-8-14/h5-8H,4,9-12H2,1-3H3,(H,18,21). The van der Waals surface area contributed by atoms with Gasteiger partial charge in [-0.05, 0) is 51.5 Å². The molecule has 2 rings (SSSR count). The van der Waals surface area contributed by atoms with Crippen molar-refractivity contribution in [3.63, 3.8) is 0 Å². The van der Waals surface area contributed by atoms with Gasteiger partial charge in [-0.3, -0.25) is 4.90 Å². The molecule has 4 nitrogen and oxygen atoms in total. The first-order valence-electron chi connectivity index (χ1n) is 7.43. The van der Waals surface area contributed by atoms with Gasteiger partial charge in [0, 0.05) is 41.9 Å². The average Bonchev–Trinajstić information content (AvgIpc) is 2.67. The van der Waals surface area contributed by atoms with Crippen molar-refractivity contribution < 1.29 is 4.79 Å². The highest BCUT2D eigenvalue weighted by Gasteiger charge is 2.25. The number of anilines is 1. The summed E-state index contributed by atoms with van der Waals surface area (Å²) in [5, 5.41) is 2.97. The lowest BCUT2D eigenvalue weighted by molar-refractivity contribution is 0.142. The van der Waals surface area contributed by atoms with E-state index in [-0.39, 0.29) is 11.6 Å². The molecule has 1 fully saturated rings. The molecule has 0 bridgehead atoms. The second-order valence-electron chi connectivity index (χ2n) is 6.44. The summed E-state index contributed by atoms with van der Waals surface area (Å²) >= 11 is 3.40. The van der Waals surface area contributed by atoms with Crippen LogP contribution in [0, 0.1) is 0 Å². The minimum Gasteiger partial charge on any atom is -0.323 e. The Bertz CT molecular complexity index is 481. The van der Waals surface area contributed by atoms with Crippen LogP contribution in [0.2, 0.25) is 0 Å². The van der Waals surface area contributed by atoms with Crippen LogP contribution < -0.4 is 5.32 Å². The smallest absolute Gasteiger partial charge is 0.321 e. The van der Waals surface area contributed by atoms with Crippen LogP contribution in [0.3, 0.4) is 0 Å². The van der Waals surface area contributed by atoms with Crippen LogP contribution in [0.1, 0.15) is 27.2 Å². The number of amides is 2. The summed E-state index contributed by atoms with van der Waals surface area (Å²) in [5.74, 6) is 0. The Morgan fingerprint density at radius 3 is 2.38 bits per heavy atom. The number of carbonyl (C=O) groups is 1. The molecule has 0 atom stereocenters. The molecular formula is C16H24BrN3O. The van der Waals surface area contributed by atoms with Crippen molar-refractivity contribution in [2.45, 2.75) is 32.7 Å². The van der Waals surface area contributed by atoms with Crippen LogP contribution in [0.4, 0.5) is 10.5 Å². The molecule has 2 amide bonds. The first-order chi connectivity index (χ1) is 9.86. The second kappa shape index (κ2) is 6.79. The van der Waals surface area contributed by atoms with Gasteiger partial charge in [0.25, 0.3) is 0 Å². The molecule has 116 valence electrons. The highest BCUT2D eigenvalue weighted by Crippen LogP contribution is 2.17. The number of rotatable bonds is 1. The molecule has 1 aromatic rings. The monoisotopic (exact) mass is 353 g/mol. The molecule has 1 aliphatic heterocycles. The predicted octanol–water partition coefficient (Wildman–Crippen LogP) is 3.79. The summed E-state index contributed by atoms with van der Waals surface area (Å²) in [7, 11) is 0. The molecular weight excluding hydrogens is 330 g/mol. The van der Waals surface area contributed by atoms with Gasteiger partial charge in [-0.2, -0.15) is 0 Å². The SMILES string of the molecule is CC(C)(C)N1CCCN(C(=O)Nc2ccc(Br)cc2)CC1. The van der Waals surface area contributed by atoms with Gasteiger partial charge in [-0.1, -0.05) is 15.9 Å². The first-order valence-corrected chi connectivity index (χ1v) is 8.22. The second-order valence-corrected chi connectivity index (χ2v) is 7.35. The van der Waals surface area contributed by atoms with E-state index in [0.717, 1.165) is 42.8 Å². The summed E-state index contributed by atoms with van der Waals surface area (Å²) in [4.78, 5) is 16.7. The molecule has 0 aromatic heterocycles. The molecule has 0 spiro atoms. The largest absolute Gasteiger partial charge is 0.323 e. The molecule has 1 aliphatic rings. The van der Waals surface area contributed by atoms with Crippen LogP contribution in [-0.4, -0.2) is 47.5 Å². The minimum atomic E-state index is -0.00641. The first kappa shape index (κ1) is 16.3. The van der Waals surface area contributed by atoms with Crippen LogP contribution in [-0.2, 0) is 0 Å². The third-order valence-electron chi connectivity index (χ3n) is 3.83. The number of nitrogens with one attached hydrogen (secondary N) is 1. The third-order valence-corrected chi connectivity index (χ3v) is 4.36. The number of benzene rings is 1. The maximum Gasteiger partial charge on any atom is 0.321 e. The lowest BCUT2D eigenvalue weighted by Crippen LogP contribution is -2.44. The van der Waals surface area contributed by atoms with E-state index in [1.807, 2.05) is 29.2 Å². The summed E-state index contributed by atoms with van der Waals surface area (Å²) in [5.41, 5.74) is 0.998. The van der Waals surface area contributed by atoms with Gasteiger partial charge < -0.3 is 10.2 Å². The number of halogens is 1. The Kier molecular flexibility index (Phi) is 5.27. The Balaban J connectivity index is 1.92. The molecule has 1 saturated heterocycles. The molecule has 5 heteroatoms. The summed E-state index contributed by atoms with van der Waals surface area (Å²) < 4.78 is 1.01. The minimum absolute atomic E-state index is 0.00641. The number of nitrogens with zero attached hydrogens (tertiary/aromatic N) is 2. The fourth-order valence-electron chi connectivity index (χ4n) is 2.53. The molecule has 1 heterocycles. The van der Waals surface area contributed by atoms with Crippen molar-refractivity contribution in [1.82, 2.24) is 9.80 Å². The Morgan fingerprint density at radius 2 is 1.76 bits per heavy atom. The third kappa shape index (κ3) is 4.71. The van der Waals surface area contributed by atoms with Gasteiger partial charge in [-0.25, -0.2) is 4.79 Å². The van der Waals surface area contributed by atoms with E-state index in [2.05, 4.69) is 46.9 Å². The maximum atomic E-state index is 12.3. The van der Waals surface area contributed by atoms with E-state index in [1.165, 1.54) is 0 Å². The van der Waals surface area contributed by atoms with Gasteiger partial charge in [0.15, 0.2) is 0 Å². The molecule has 0 aliphatic carbocycles. The van der Waals surface area contributed by atoms with E-state index in [9.17, 15) is 4.79 Å². The van der Waals surface area contributed by atoms with Gasteiger partial charge in [0.05, 0.1) is 0 Å². The van der Waals surface area contributed by atoms with Crippen LogP contribution >= 0.6 is 15.9 Å². The summed E-state index contributed by atoms with van der Waals surface area (Å²) in [6.45, 7) is 10.2. The van der Waals surface area contributed by atoms with Crippen LogP contribution in [0.5, 0.6) is 0 Å². The predicted molar refractivity (Wildman–Crippen MR) is 90.7 cm³/mol.